The standard InChI is InChI=1S/C14H24N2O2/c1-4-14(5-2,11-17)10-15-9-12-7-6-8-13(16-12)18-3/h6-8,15,17H,4-5,9-11H2,1-3H3. The van der Waals surface area contributed by atoms with Crippen LogP contribution < -0.4 is 10.1 Å². The monoisotopic (exact) mass is 252 g/mol. The lowest BCUT2D eigenvalue weighted by molar-refractivity contribution is 0.113. The van der Waals surface area contributed by atoms with Crippen LogP contribution in [0.5, 0.6) is 5.88 Å². The van der Waals surface area contributed by atoms with Crippen LogP contribution >= 0.6 is 0 Å². The van der Waals surface area contributed by atoms with Crippen LogP contribution in [0.2, 0.25) is 0 Å². The normalized spacial score (nSPS) is 11.6. The van der Waals surface area contributed by atoms with Crippen LogP contribution in [0.25, 0.3) is 0 Å². The van der Waals surface area contributed by atoms with Gasteiger partial charge in [-0.3, -0.25) is 0 Å². The summed E-state index contributed by atoms with van der Waals surface area (Å²) in [6.07, 6.45) is 1.94. The molecule has 1 aromatic heterocycles. The van der Waals surface area contributed by atoms with Crippen LogP contribution in [0.1, 0.15) is 32.4 Å². The van der Waals surface area contributed by atoms with Gasteiger partial charge in [-0.15, -0.1) is 0 Å². The lowest BCUT2D eigenvalue weighted by Crippen LogP contribution is -2.36. The van der Waals surface area contributed by atoms with Crippen molar-refractivity contribution in [3.63, 3.8) is 0 Å². The molecule has 102 valence electrons. The SMILES string of the molecule is CCC(CC)(CO)CNCc1cccc(OC)n1. The van der Waals surface area contributed by atoms with Gasteiger partial charge in [0.2, 0.25) is 5.88 Å². The smallest absolute Gasteiger partial charge is 0.213 e. The Labute approximate surface area is 109 Å². The molecule has 1 rings (SSSR count). The number of aromatic nitrogens is 1. The number of nitrogens with zero attached hydrogens (tertiary/aromatic N) is 1. The zero-order valence-electron chi connectivity index (χ0n) is 11.6. The topological polar surface area (TPSA) is 54.4 Å². The number of aliphatic hydroxyl groups excluding tert-OH is 1. The number of ether oxygens (including phenoxy) is 1. The highest BCUT2D eigenvalue weighted by molar-refractivity contribution is 5.15. The third-order valence-corrected chi connectivity index (χ3v) is 3.63. The number of pyridine rings is 1. The molecule has 0 fully saturated rings. The van der Waals surface area contributed by atoms with Gasteiger partial charge >= 0.3 is 0 Å². The number of nitrogens with one attached hydrogen (secondary N) is 1. The van der Waals surface area contributed by atoms with Gasteiger partial charge in [0.25, 0.3) is 0 Å². The molecule has 18 heavy (non-hydrogen) atoms. The highest BCUT2D eigenvalue weighted by atomic mass is 16.5. The number of hydrogen-bond donors (Lipinski definition) is 2. The minimum Gasteiger partial charge on any atom is -0.481 e. The molecule has 0 unspecified atom stereocenters. The fraction of sp³-hybridized carbons (Fsp3) is 0.643. The second-order valence-corrected chi connectivity index (χ2v) is 4.64. The number of aliphatic hydroxyl groups is 1. The molecular formula is C14H24N2O2. The van der Waals surface area contributed by atoms with E-state index in [-0.39, 0.29) is 12.0 Å². The van der Waals surface area contributed by atoms with E-state index < -0.39 is 0 Å². The lowest BCUT2D eigenvalue weighted by Gasteiger charge is -2.29. The second-order valence-electron chi connectivity index (χ2n) is 4.64. The fourth-order valence-corrected chi connectivity index (χ4v) is 1.90. The highest BCUT2D eigenvalue weighted by Gasteiger charge is 2.24. The number of hydrogen-bond acceptors (Lipinski definition) is 4. The molecular weight excluding hydrogens is 228 g/mol. The van der Waals surface area contributed by atoms with Gasteiger partial charge in [0, 0.05) is 31.2 Å². The van der Waals surface area contributed by atoms with Crippen molar-refractivity contribution in [1.82, 2.24) is 10.3 Å². The number of methoxy groups -OCH3 is 1. The quantitative estimate of drug-likeness (QED) is 0.743. The molecule has 1 heterocycles. The average Bonchev–Trinajstić information content (AvgIpc) is 2.44. The molecule has 0 aliphatic heterocycles. The van der Waals surface area contributed by atoms with Gasteiger partial charge in [0.1, 0.15) is 0 Å². The Balaban J connectivity index is 2.49. The molecule has 0 atom stereocenters. The van der Waals surface area contributed by atoms with Crippen LogP contribution in [0, 0.1) is 5.41 Å². The van der Waals surface area contributed by atoms with Gasteiger partial charge in [-0.1, -0.05) is 19.9 Å². The van der Waals surface area contributed by atoms with Crippen molar-refractivity contribution in [3.8, 4) is 5.88 Å². The zero-order chi connectivity index (χ0) is 13.4. The van der Waals surface area contributed by atoms with Gasteiger partial charge < -0.3 is 15.2 Å². The molecule has 4 nitrogen and oxygen atoms in total. The molecule has 4 heteroatoms. The van der Waals surface area contributed by atoms with Gasteiger partial charge in [0.15, 0.2) is 0 Å². The Kier molecular flexibility index (Phi) is 6.09. The van der Waals surface area contributed by atoms with Crippen molar-refractivity contribution in [2.75, 3.05) is 20.3 Å². The molecule has 1 aromatic rings. The first-order valence-electron chi connectivity index (χ1n) is 6.51. The van der Waals surface area contributed by atoms with E-state index in [0.717, 1.165) is 25.1 Å². The molecule has 0 spiro atoms. The van der Waals surface area contributed by atoms with Gasteiger partial charge in [-0.05, 0) is 18.9 Å². The van der Waals surface area contributed by atoms with Crippen LogP contribution in [-0.2, 0) is 6.54 Å². The Morgan fingerprint density at radius 2 is 2.06 bits per heavy atom. The summed E-state index contributed by atoms with van der Waals surface area (Å²) in [5.74, 6) is 0.633. The van der Waals surface area contributed by atoms with Gasteiger partial charge in [-0.2, -0.15) is 0 Å². The first-order chi connectivity index (χ1) is 8.69. The van der Waals surface area contributed by atoms with E-state index in [1.54, 1.807) is 7.11 Å². The summed E-state index contributed by atoms with van der Waals surface area (Å²) < 4.78 is 5.09. The van der Waals surface area contributed by atoms with Crippen molar-refractivity contribution in [2.24, 2.45) is 5.41 Å². The average molecular weight is 252 g/mol. The summed E-state index contributed by atoms with van der Waals surface area (Å²) >= 11 is 0. The van der Waals surface area contributed by atoms with E-state index in [4.69, 9.17) is 4.74 Å². The molecule has 0 bridgehead atoms. The molecule has 0 radical (unpaired) electrons. The summed E-state index contributed by atoms with van der Waals surface area (Å²) in [5, 5.41) is 12.8. The van der Waals surface area contributed by atoms with Crippen molar-refractivity contribution in [1.29, 1.82) is 0 Å². The summed E-state index contributed by atoms with van der Waals surface area (Å²) in [7, 11) is 1.62. The third-order valence-electron chi connectivity index (χ3n) is 3.63. The van der Waals surface area contributed by atoms with E-state index in [0.29, 0.717) is 12.4 Å². The van der Waals surface area contributed by atoms with E-state index in [1.807, 2.05) is 18.2 Å². The molecule has 0 saturated heterocycles. The zero-order valence-corrected chi connectivity index (χ0v) is 11.6. The molecule has 0 aliphatic rings. The van der Waals surface area contributed by atoms with Crippen molar-refractivity contribution in [3.05, 3.63) is 23.9 Å². The van der Waals surface area contributed by atoms with Crippen molar-refractivity contribution >= 4 is 0 Å². The molecule has 2 N–H and O–H groups in total. The maximum absolute atomic E-state index is 9.48. The first kappa shape index (κ1) is 14.9. The lowest BCUT2D eigenvalue weighted by atomic mass is 9.83. The molecule has 0 amide bonds. The Hall–Kier alpha value is -1.13. The van der Waals surface area contributed by atoms with Crippen LogP contribution in [-0.4, -0.2) is 30.4 Å². The predicted octanol–water partition coefficient (Wildman–Crippen LogP) is 1.98. The van der Waals surface area contributed by atoms with Crippen molar-refractivity contribution < 1.29 is 9.84 Å². The summed E-state index contributed by atoms with van der Waals surface area (Å²) in [4.78, 5) is 4.34. The van der Waals surface area contributed by atoms with E-state index in [1.165, 1.54) is 0 Å². The van der Waals surface area contributed by atoms with E-state index in [2.05, 4.69) is 24.1 Å². The van der Waals surface area contributed by atoms with E-state index in [9.17, 15) is 5.11 Å². The van der Waals surface area contributed by atoms with Crippen molar-refractivity contribution in [2.45, 2.75) is 33.2 Å². The fourth-order valence-electron chi connectivity index (χ4n) is 1.90. The maximum Gasteiger partial charge on any atom is 0.213 e. The van der Waals surface area contributed by atoms with Gasteiger partial charge in [0.05, 0.1) is 12.8 Å². The molecule has 0 saturated carbocycles. The Morgan fingerprint density at radius 3 is 2.61 bits per heavy atom. The Bertz CT molecular complexity index is 343. The molecule has 0 aromatic carbocycles. The highest BCUT2D eigenvalue weighted by Crippen LogP contribution is 2.24. The minimum atomic E-state index is -0.0150. The van der Waals surface area contributed by atoms with Crippen LogP contribution in [0.4, 0.5) is 0 Å². The third kappa shape index (κ3) is 3.96. The molecule has 0 aliphatic carbocycles. The van der Waals surface area contributed by atoms with Gasteiger partial charge in [-0.25, -0.2) is 4.98 Å². The first-order valence-corrected chi connectivity index (χ1v) is 6.51. The summed E-state index contributed by atoms with van der Waals surface area (Å²) in [6, 6.07) is 5.73. The number of rotatable bonds is 8. The largest absolute Gasteiger partial charge is 0.481 e. The maximum atomic E-state index is 9.48. The predicted molar refractivity (Wildman–Crippen MR) is 72.6 cm³/mol. The summed E-state index contributed by atoms with van der Waals surface area (Å²) in [6.45, 7) is 5.95. The summed E-state index contributed by atoms with van der Waals surface area (Å²) in [5.41, 5.74) is 0.937. The van der Waals surface area contributed by atoms with E-state index >= 15 is 0 Å². The van der Waals surface area contributed by atoms with Crippen LogP contribution in [0.3, 0.4) is 0 Å². The minimum absolute atomic E-state index is 0.0150. The second kappa shape index (κ2) is 7.34. The Morgan fingerprint density at radius 1 is 1.33 bits per heavy atom. The van der Waals surface area contributed by atoms with Crippen LogP contribution in [0.15, 0.2) is 18.2 Å².